The fraction of sp³-hybridized carbons (Fsp3) is 0.571. The zero-order valence-corrected chi connectivity index (χ0v) is 7.86. The maximum Gasteiger partial charge on any atom is 0.149 e. The van der Waals surface area contributed by atoms with E-state index in [1.54, 1.807) is 6.33 Å². The second kappa shape index (κ2) is 4.49. The highest BCUT2D eigenvalue weighted by atomic mass is 32.2. The van der Waals surface area contributed by atoms with Crippen LogP contribution in [0.5, 0.6) is 0 Å². The monoisotopic (exact) mass is 187 g/mol. The van der Waals surface area contributed by atoms with Gasteiger partial charge in [-0.1, -0.05) is 0 Å². The summed E-state index contributed by atoms with van der Waals surface area (Å²) in [5.41, 5.74) is 7.14. The number of imidazole rings is 1. The summed E-state index contributed by atoms with van der Waals surface area (Å²) >= 11 is -0.867. The van der Waals surface area contributed by atoms with E-state index in [-0.39, 0.29) is 0 Å². The van der Waals surface area contributed by atoms with Crippen molar-refractivity contribution in [2.45, 2.75) is 12.7 Å². The largest absolute Gasteiger partial charge is 0.616 e. The number of hydrogen-bond acceptors (Lipinski definition) is 3. The van der Waals surface area contributed by atoms with Crippen molar-refractivity contribution in [2.24, 2.45) is 5.73 Å². The summed E-state index contributed by atoms with van der Waals surface area (Å²) < 4.78 is 11.2. The van der Waals surface area contributed by atoms with Crippen LogP contribution in [0.15, 0.2) is 6.33 Å². The molecule has 0 radical (unpaired) electrons. The zero-order valence-electron chi connectivity index (χ0n) is 7.04. The molecule has 0 aliphatic carbocycles. The van der Waals surface area contributed by atoms with Gasteiger partial charge in [-0.3, -0.25) is 0 Å². The molecule has 0 saturated carbocycles. The van der Waals surface area contributed by atoms with Crippen LogP contribution in [0, 0.1) is 6.92 Å². The maximum absolute atomic E-state index is 11.2. The molecule has 1 atom stereocenters. The van der Waals surface area contributed by atoms with Crippen LogP contribution in [0.4, 0.5) is 0 Å². The molecule has 0 amide bonds. The number of aryl methyl sites for hydroxylation is 1. The Labute approximate surface area is 74.8 Å². The SMILES string of the molecule is Cc1[nH]cnc1C[S+]([O-])CCN. The molecule has 5 heteroatoms. The fourth-order valence-corrected chi connectivity index (χ4v) is 1.89. The minimum absolute atomic E-state index is 0.468. The predicted molar refractivity (Wildman–Crippen MR) is 49.1 cm³/mol. The smallest absolute Gasteiger partial charge is 0.149 e. The first kappa shape index (κ1) is 9.57. The summed E-state index contributed by atoms with van der Waals surface area (Å²) in [6, 6.07) is 0. The molecule has 1 aromatic heterocycles. The summed E-state index contributed by atoms with van der Waals surface area (Å²) in [4.78, 5) is 6.99. The maximum atomic E-state index is 11.2. The van der Waals surface area contributed by atoms with Crippen LogP contribution >= 0.6 is 0 Å². The molecule has 1 heterocycles. The number of hydrogen-bond donors (Lipinski definition) is 2. The van der Waals surface area contributed by atoms with Gasteiger partial charge in [0.15, 0.2) is 0 Å². The Kier molecular flexibility index (Phi) is 3.58. The van der Waals surface area contributed by atoms with Crippen molar-refractivity contribution >= 4 is 11.2 Å². The highest BCUT2D eigenvalue weighted by Crippen LogP contribution is 2.06. The Morgan fingerprint density at radius 3 is 3.00 bits per heavy atom. The van der Waals surface area contributed by atoms with E-state index in [1.807, 2.05) is 6.92 Å². The van der Waals surface area contributed by atoms with Gasteiger partial charge < -0.3 is 15.3 Å². The minimum atomic E-state index is -0.867. The highest BCUT2D eigenvalue weighted by molar-refractivity contribution is 7.90. The Hall–Kier alpha value is -0.520. The number of nitrogens with two attached hydrogens (primary N) is 1. The van der Waals surface area contributed by atoms with Crippen molar-refractivity contribution in [1.82, 2.24) is 9.97 Å². The first-order valence-electron chi connectivity index (χ1n) is 3.78. The molecule has 0 saturated heterocycles. The summed E-state index contributed by atoms with van der Waals surface area (Å²) in [7, 11) is 0. The Bertz CT molecular complexity index is 238. The van der Waals surface area contributed by atoms with Crippen molar-refractivity contribution in [1.29, 1.82) is 0 Å². The number of H-pyrrole nitrogens is 1. The lowest BCUT2D eigenvalue weighted by Gasteiger charge is -2.07. The van der Waals surface area contributed by atoms with E-state index in [4.69, 9.17) is 5.73 Å². The molecule has 0 bridgehead atoms. The van der Waals surface area contributed by atoms with E-state index in [0.29, 0.717) is 18.1 Å². The minimum Gasteiger partial charge on any atom is -0.616 e. The summed E-state index contributed by atoms with van der Waals surface area (Å²) in [6.07, 6.45) is 1.62. The topological polar surface area (TPSA) is 77.8 Å². The summed E-state index contributed by atoms with van der Waals surface area (Å²) in [5, 5.41) is 0. The molecule has 12 heavy (non-hydrogen) atoms. The van der Waals surface area contributed by atoms with E-state index >= 15 is 0 Å². The third kappa shape index (κ3) is 2.51. The summed E-state index contributed by atoms with van der Waals surface area (Å²) in [5.74, 6) is 1.05. The summed E-state index contributed by atoms with van der Waals surface area (Å²) in [6.45, 7) is 2.39. The van der Waals surface area contributed by atoms with Crippen molar-refractivity contribution < 1.29 is 4.55 Å². The molecule has 1 aromatic rings. The van der Waals surface area contributed by atoms with Crippen LogP contribution in [0.3, 0.4) is 0 Å². The molecule has 0 spiro atoms. The van der Waals surface area contributed by atoms with E-state index < -0.39 is 11.2 Å². The van der Waals surface area contributed by atoms with E-state index in [0.717, 1.165) is 11.4 Å². The van der Waals surface area contributed by atoms with Gasteiger partial charge in [-0.2, -0.15) is 0 Å². The number of nitrogens with zero attached hydrogens (tertiary/aromatic N) is 1. The van der Waals surface area contributed by atoms with Crippen molar-refractivity contribution in [3.8, 4) is 0 Å². The van der Waals surface area contributed by atoms with E-state index in [1.165, 1.54) is 0 Å². The third-order valence-corrected chi connectivity index (χ3v) is 2.86. The standard InChI is InChI=1S/C7H13N3OS/c1-6-7(10-5-9-6)4-12(11)3-2-8/h5H,2-4,8H2,1H3,(H,9,10). The number of nitrogens with one attached hydrogen (secondary N) is 1. The molecule has 4 nitrogen and oxygen atoms in total. The second-order valence-corrected chi connectivity index (χ2v) is 4.13. The molecule has 68 valence electrons. The number of rotatable bonds is 4. The third-order valence-electron chi connectivity index (χ3n) is 1.58. The molecule has 3 N–H and O–H groups in total. The molecular weight excluding hydrogens is 174 g/mol. The lowest BCUT2D eigenvalue weighted by Crippen LogP contribution is -2.17. The predicted octanol–water partition coefficient (Wildman–Crippen LogP) is -0.0745. The van der Waals surface area contributed by atoms with Gasteiger partial charge in [0.25, 0.3) is 0 Å². The van der Waals surface area contributed by atoms with Crippen molar-refractivity contribution in [3.63, 3.8) is 0 Å². The molecule has 0 aliphatic heterocycles. The van der Waals surface area contributed by atoms with Crippen molar-refractivity contribution in [2.75, 3.05) is 12.3 Å². The highest BCUT2D eigenvalue weighted by Gasteiger charge is 2.10. The van der Waals surface area contributed by atoms with Gasteiger partial charge in [-0.25, -0.2) is 4.98 Å². The second-order valence-electron chi connectivity index (χ2n) is 2.55. The lowest BCUT2D eigenvalue weighted by molar-refractivity contribution is 0.593. The van der Waals surface area contributed by atoms with Crippen LogP contribution in [-0.2, 0) is 16.9 Å². The molecule has 0 aliphatic rings. The van der Waals surface area contributed by atoms with Crippen LogP contribution in [0.2, 0.25) is 0 Å². The van der Waals surface area contributed by atoms with Gasteiger partial charge in [-0.05, 0) is 18.1 Å². The zero-order chi connectivity index (χ0) is 8.97. The normalized spacial score (nSPS) is 13.2. The van der Waals surface area contributed by atoms with Gasteiger partial charge in [0, 0.05) is 12.2 Å². The van der Waals surface area contributed by atoms with Crippen LogP contribution < -0.4 is 5.73 Å². The molecular formula is C7H13N3OS. The Morgan fingerprint density at radius 1 is 1.75 bits per heavy atom. The van der Waals surface area contributed by atoms with Gasteiger partial charge in [-0.15, -0.1) is 0 Å². The van der Waals surface area contributed by atoms with Crippen LogP contribution in [-0.4, -0.2) is 26.8 Å². The first-order chi connectivity index (χ1) is 5.74. The molecule has 1 rings (SSSR count). The molecule has 0 aromatic carbocycles. The van der Waals surface area contributed by atoms with Gasteiger partial charge in [0.2, 0.25) is 0 Å². The molecule has 1 unspecified atom stereocenters. The van der Waals surface area contributed by atoms with Crippen LogP contribution in [0.1, 0.15) is 11.4 Å². The van der Waals surface area contributed by atoms with Gasteiger partial charge in [0.05, 0.1) is 6.33 Å². The Morgan fingerprint density at radius 2 is 2.50 bits per heavy atom. The first-order valence-corrected chi connectivity index (χ1v) is 5.26. The number of aromatic amines is 1. The lowest BCUT2D eigenvalue weighted by atomic mass is 10.4. The number of aromatic nitrogens is 2. The van der Waals surface area contributed by atoms with E-state index in [2.05, 4.69) is 9.97 Å². The molecule has 0 fully saturated rings. The van der Waals surface area contributed by atoms with Crippen molar-refractivity contribution in [3.05, 3.63) is 17.7 Å². The average Bonchev–Trinajstić information content (AvgIpc) is 2.37. The average molecular weight is 187 g/mol. The Balaban J connectivity index is 2.46. The fourth-order valence-electron chi connectivity index (χ4n) is 0.889. The van der Waals surface area contributed by atoms with E-state index in [9.17, 15) is 4.55 Å². The van der Waals surface area contributed by atoms with Gasteiger partial charge >= 0.3 is 0 Å². The quantitative estimate of drug-likeness (QED) is 0.647. The van der Waals surface area contributed by atoms with Gasteiger partial charge in [0.1, 0.15) is 17.2 Å². The van der Waals surface area contributed by atoms with Crippen LogP contribution in [0.25, 0.3) is 0 Å².